The molecule has 1 atom stereocenters. The summed E-state index contributed by atoms with van der Waals surface area (Å²) in [7, 11) is -1.55. The van der Waals surface area contributed by atoms with Crippen molar-refractivity contribution in [2.24, 2.45) is 0 Å². The highest BCUT2D eigenvalue weighted by Gasteiger charge is 2.27. The van der Waals surface area contributed by atoms with E-state index in [9.17, 15) is 13.2 Å². The Bertz CT molecular complexity index is 615. The van der Waals surface area contributed by atoms with E-state index in [2.05, 4.69) is 15.3 Å². The number of carbonyl (C=O) groups excluding carboxylic acids is 1. The zero-order valence-corrected chi connectivity index (χ0v) is 13.8. The molecule has 0 spiro atoms. The quantitative estimate of drug-likeness (QED) is 0.840. The molecule has 1 saturated heterocycles. The van der Waals surface area contributed by atoms with E-state index in [-0.39, 0.29) is 11.8 Å². The van der Waals surface area contributed by atoms with Crippen LogP contribution in [0.15, 0.2) is 12.4 Å². The van der Waals surface area contributed by atoms with Crippen molar-refractivity contribution < 1.29 is 13.2 Å². The van der Waals surface area contributed by atoms with Gasteiger partial charge in [-0.15, -0.1) is 0 Å². The molecule has 0 unspecified atom stereocenters. The molecule has 0 bridgehead atoms. The standard InChI is InChI=1S/C14H22N4O3S/c1-15-14(19)6-5-12-8-17-13(9-16-12)11-4-3-7-18(10-11)22(2,20)21/h8-9,11H,3-7,10H2,1-2H3,(H,15,19)/t11-/m0/s1. The van der Waals surface area contributed by atoms with Gasteiger partial charge in [0.2, 0.25) is 15.9 Å². The van der Waals surface area contributed by atoms with Crippen LogP contribution in [0.5, 0.6) is 0 Å². The van der Waals surface area contributed by atoms with Gasteiger partial charge in [-0.25, -0.2) is 12.7 Å². The van der Waals surface area contributed by atoms with Gasteiger partial charge in [0.05, 0.1) is 17.6 Å². The average Bonchev–Trinajstić information content (AvgIpc) is 2.52. The molecule has 1 aliphatic rings. The third kappa shape index (κ3) is 4.48. The fourth-order valence-electron chi connectivity index (χ4n) is 2.56. The maximum atomic E-state index is 11.6. The molecule has 0 aliphatic carbocycles. The van der Waals surface area contributed by atoms with Crippen LogP contribution >= 0.6 is 0 Å². The molecule has 1 aromatic heterocycles. The second-order valence-electron chi connectivity index (χ2n) is 5.57. The number of hydrogen-bond acceptors (Lipinski definition) is 5. The van der Waals surface area contributed by atoms with E-state index in [0.29, 0.717) is 25.9 Å². The summed E-state index contributed by atoms with van der Waals surface area (Å²) in [5.41, 5.74) is 1.58. The summed E-state index contributed by atoms with van der Waals surface area (Å²) in [6.45, 7) is 1.04. The summed E-state index contributed by atoms with van der Waals surface area (Å²) < 4.78 is 24.8. The molecule has 1 aromatic rings. The molecule has 1 N–H and O–H groups in total. The Hall–Kier alpha value is -1.54. The topological polar surface area (TPSA) is 92.3 Å². The van der Waals surface area contributed by atoms with Gasteiger partial charge < -0.3 is 5.32 Å². The number of aromatic nitrogens is 2. The summed E-state index contributed by atoms with van der Waals surface area (Å²) in [6.07, 6.45) is 7.30. The molecule has 1 amide bonds. The minimum Gasteiger partial charge on any atom is -0.359 e. The molecule has 0 aromatic carbocycles. The van der Waals surface area contributed by atoms with Crippen molar-refractivity contribution in [3.63, 3.8) is 0 Å². The predicted molar refractivity (Wildman–Crippen MR) is 82.8 cm³/mol. The number of nitrogens with one attached hydrogen (secondary N) is 1. The molecule has 22 heavy (non-hydrogen) atoms. The van der Waals surface area contributed by atoms with Crippen LogP contribution in [0.3, 0.4) is 0 Å². The van der Waals surface area contributed by atoms with Crippen molar-refractivity contribution in [2.45, 2.75) is 31.6 Å². The van der Waals surface area contributed by atoms with Gasteiger partial charge in [0.25, 0.3) is 0 Å². The fraction of sp³-hybridized carbons (Fsp3) is 0.643. The number of amides is 1. The molecule has 1 aliphatic heterocycles. The minimum absolute atomic E-state index is 0.0260. The molecule has 2 heterocycles. The van der Waals surface area contributed by atoms with E-state index < -0.39 is 10.0 Å². The Labute approximate surface area is 131 Å². The van der Waals surface area contributed by atoms with E-state index in [4.69, 9.17) is 0 Å². The highest BCUT2D eigenvalue weighted by molar-refractivity contribution is 7.88. The molecule has 122 valence electrons. The van der Waals surface area contributed by atoms with Crippen LogP contribution in [-0.4, -0.2) is 55.0 Å². The third-order valence-corrected chi connectivity index (χ3v) is 5.15. The number of sulfonamides is 1. The first-order valence-electron chi connectivity index (χ1n) is 7.36. The first kappa shape index (κ1) is 16.8. The maximum Gasteiger partial charge on any atom is 0.220 e. The molecule has 8 heteroatoms. The number of carbonyl (C=O) groups is 1. The van der Waals surface area contributed by atoms with Crippen LogP contribution in [0.2, 0.25) is 0 Å². The van der Waals surface area contributed by atoms with E-state index in [1.165, 1.54) is 10.6 Å². The summed E-state index contributed by atoms with van der Waals surface area (Å²) in [5, 5.41) is 2.57. The zero-order valence-electron chi connectivity index (χ0n) is 12.9. The van der Waals surface area contributed by atoms with E-state index in [0.717, 1.165) is 24.2 Å². The van der Waals surface area contributed by atoms with Crippen molar-refractivity contribution in [2.75, 3.05) is 26.4 Å². The van der Waals surface area contributed by atoms with Crippen LogP contribution in [0.25, 0.3) is 0 Å². The Morgan fingerprint density at radius 2 is 2.18 bits per heavy atom. The fourth-order valence-corrected chi connectivity index (χ4v) is 3.47. The number of rotatable bonds is 5. The first-order chi connectivity index (χ1) is 10.4. The smallest absolute Gasteiger partial charge is 0.220 e. The van der Waals surface area contributed by atoms with E-state index in [1.54, 1.807) is 19.4 Å². The first-order valence-corrected chi connectivity index (χ1v) is 9.21. The van der Waals surface area contributed by atoms with Crippen LogP contribution in [0, 0.1) is 0 Å². The SMILES string of the molecule is CNC(=O)CCc1cnc([C@H]2CCCN(S(C)(=O)=O)C2)cn1. The molecular formula is C14H22N4O3S. The van der Waals surface area contributed by atoms with Crippen LogP contribution in [-0.2, 0) is 21.2 Å². The van der Waals surface area contributed by atoms with Crippen molar-refractivity contribution in [1.29, 1.82) is 0 Å². The Balaban J connectivity index is 1.99. The lowest BCUT2D eigenvalue weighted by molar-refractivity contribution is -0.120. The lowest BCUT2D eigenvalue weighted by Crippen LogP contribution is -2.38. The summed E-state index contributed by atoms with van der Waals surface area (Å²) in [6, 6.07) is 0. The molecule has 1 fully saturated rings. The number of piperidine rings is 1. The van der Waals surface area contributed by atoms with Gasteiger partial charge in [0.15, 0.2) is 0 Å². The maximum absolute atomic E-state index is 11.6. The monoisotopic (exact) mass is 326 g/mol. The van der Waals surface area contributed by atoms with Crippen molar-refractivity contribution >= 4 is 15.9 Å². The minimum atomic E-state index is -3.16. The highest BCUT2D eigenvalue weighted by atomic mass is 32.2. The highest BCUT2D eigenvalue weighted by Crippen LogP contribution is 2.26. The molecule has 0 radical (unpaired) electrons. The molecule has 7 nitrogen and oxygen atoms in total. The number of hydrogen-bond donors (Lipinski definition) is 1. The van der Waals surface area contributed by atoms with Crippen molar-refractivity contribution in [3.8, 4) is 0 Å². The Morgan fingerprint density at radius 1 is 1.41 bits per heavy atom. The second kappa shape index (κ2) is 7.15. The molecular weight excluding hydrogens is 304 g/mol. The molecule has 0 saturated carbocycles. The third-order valence-electron chi connectivity index (χ3n) is 3.88. The summed E-state index contributed by atoms with van der Waals surface area (Å²) in [5.74, 6) is 0.0610. The van der Waals surface area contributed by atoms with Gasteiger partial charge in [-0.05, 0) is 19.3 Å². The number of nitrogens with zero attached hydrogens (tertiary/aromatic N) is 3. The summed E-state index contributed by atoms with van der Waals surface area (Å²) in [4.78, 5) is 20.0. The zero-order chi connectivity index (χ0) is 16.2. The normalized spacial score (nSPS) is 19.8. The average molecular weight is 326 g/mol. The lowest BCUT2D eigenvalue weighted by atomic mass is 9.96. The Kier molecular flexibility index (Phi) is 5.47. The van der Waals surface area contributed by atoms with Gasteiger partial charge >= 0.3 is 0 Å². The van der Waals surface area contributed by atoms with Gasteiger partial charge in [0, 0.05) is 44.9 Å². The van der Waals surface area contributed by atoms with Crippen LogP contribution in [0.4, 0.5) is 0 Å². The Morgan fingerprint density at radius 3 is 2.77 bits per heavy atom. The van der Waals surface area contributed by atoms with Gasteiger partial charge in [0.1, 0.15) is 0 Å². The van der Waals surface area contributed by atoms with E-state index in [1.807, 2.05) is 0 Å². The summed E-state index contributed by atoms with van der Waals surface area (Å²) >= 11 is 0. The van der Waals surface area contributed by atoms with Crippen molar-refractivity contribution in [3.05, 3.63) is 23.8 Å². The van der Waals surface area contributed by atoms with Crippen LogP contribution in [0.1, 0.15) is 36.6 Å². The predicted octanol–water partition coefficient (Wildman–Crippen LogP) is 0.294. The lowest BCUT2D eigenvalue weighted by Gasteiger charge is -2.30. The van der Waals surface area contributed by atoms with Gasteiger partial charge in [-0.3, -0.25) is 14.8 Å². The largest absolute Gasteiger partial charge is 0.359 e. The van der Waals surface area contributed by atoms with Gasteiger partial charge in [-0.2, -0.15) is 0 Å². The van der Waals surface area contributed by atoms with Crippen LogP contribution < -0.4 is 5.32 Å². The van der Waals surface area contributed by atoms with E-state index >= 15 is 0 Å². The van der Waals surface area contributed by atoms with Crippen molar-refractivity contribution in [1.82, 2.24) is 19.6 Å². The van der Waals surface area contributed by atoms with Gasteiger partial charge in [-0.1, -0.05) is 0 Å². The second-order valence-corrected chi connectivity index (χ2v) is 7.55. The number of aryl methyl sites for hydroxylation is 1. The molecule has 2 rings (SSSR count).